The molecule has 3 aromatic heterocycles. The summed E-state index contributed by atoms with van der Waals surface area (Å²) < 4.78 is 5.56. The Hall–Kier alpha value is -2.69. The maximum absolute atomic E-state index is 5.92. The highest BCUT2D eigenvalue weighted by Crippen LogP contribution is 2.36. The van der Waals surface area contributed by atoms with E-state index in [1.165, 1.54) is 0 Å². The molecular formula is C16H14N4O. The predicted octanol–water partition coefficient (Wildman–Crippen LogP) is 2.87. The molecule has 3 aromatic rings. The highest BCUT2D eigenvalue weighted by atomic mass is 16.3. The molecule has 21 heavy (non-hydrogen) atoms. The number of hydrogen-bond acceptors (Lipinski definition) is 5. The van der Waals surface area contributed by atoms with Gasteiger partial charge in [-0.15, -0.1) is 0 Å². The van der Waals surface area contributed by atoms with E-state index in [4.69, 9.17) is 10.2 Å². The van der Waals surface area contributed by atoms with Gasteiger partial charge in [-0.1, -0.05) is 6.07 Å². The number of hydrogen-bond donors (Lipinski definition) is 1. The van der Waals surface area contributed by atoms with Gasteiger partial charge in [-0.3, -0.25) is 4.98 Å². The van der Waals surface area contributed by atoms with Crippen molar-refractivity contribution in [3.8, 4) is 22.6 Å². The molecule has 4 rings (SSSR count). The molecule has 2 N–H and O–H groups in total. The first-order valence-electron chi connectivity index (χ1n) is 6.97. The number of nitrogen functional groups attached to an aromatic ring is 1. The van der Waals surface area contributed by atoms with Gasteiger partial charge < -0.3 is 10.2 Å². The van der Waals surface area contributed by atoms with Crippen LogP contribution < -0.4 is 5.73 Å². The molecule has 0 fully saturated rings. The van der Waals surface area contributed by atoms with Crippen LogP contribution in [0.15, 0.2) is 41.1 Å². The van der Waals surface area contributed by atoms with Gasteiger partial charge in [-0.2, -0.15) is 0 Å². The van der Waals surface area contributed by atoms with Gasteiger partial charge >= 0.3 is 0 Å². The molecule has 0 bridgehead atoms. The summed E-state index contributed by atoms with van der Waals surface area (Å²) in [6.07, 6.45) is 6.27. The van der Waals surface area contributed by atoms with Crippen molar-refractivity contribution in [1.29, 1.82) is 0 Å². The zero-order chi connectivity index (χ0) is 14.2. The molecule has 3 heterocycles. The number of aryl methyl sites for hydroxylation is 1. The zero-order valence-corrected chi connectivity index (χ0v) is 11.4. The van der Waals surface area contributed by atoms with E-state index in [9.17, 15) is 0 Å². The van der Waals surface area contributed by atoms with Crippen LogP contribution in [-0.2, 0) is 12.8 Å². The minimum absolute atomic E-state index is 0.267. The van der Waals surface area contributed by atoms with Crippen molar-refractivity contribution in [2.75, 3.05) is 5.73 Å². The number of furan rings is 1. The SMILES string of the molecule is Nc1nc(-c2ccccn2)c2c(n1)-c1ccoc1CCC2. The van der Waals surface area contributed by atoms with E-state index in [0.29, 0.717) is 0 Å². The lowest BCUT2D eigenvalue weighted by molar-refractivity contribution is 0.505. The van der Waals surface area contributed by atoms with E-state index in [2.05, 4.69) is 15.0 Å². The lowest BCUT2D eigenvalue weighted by Crippen LogP contribution is -2.04. The Bertz CT molecular complexity index is 795. The monoisotopic (exact) mass is 278 g/mol. The highest BCUT2D eigenvalue weighted by Gasteiger charge is 2.23. The summed E-state index contributed by atoms with van der Waals surface area (Å²) in [6.45, 7) is 0. The average Bonchev–Trinajstić information content (AvgIpc) is 2.91. The number of nitrogens with zero attached hydrogens (tertiary/aromatic N) is 3. The van der Waals surface area contributed by atoms with Gasteiger partial charge in [-0.25, -0.2) is 9.97 Å². The number of rotatable bonds is 1. The van der Waals surface area contributed by atoms with Crippen molar-refractivity contribution >= 4 is 5.95 Å². The molecule has 5 heteroatoms. The molecule has 0 unspecified atom stereocenters. The van der Waals surface area contributed by atoms with Crippen LogP contribution >= 0.6 is 0 Å². The van der Waals surface area contributed by atoms with E-state index < -0.39 is 0 Å². The predicted molar refractivity (Wildman–Crippen MR) is 79.4 cm³/mol. The van der Waals surface area contributed by atoms with Crippen molar-refractivity contribution in [3.63, 3.8) is 0 Å². The molecule has 0 aromatic carbocycles. The minimum atomic E-state index is 0.267. The van der Waals surface area contributed by atoms with Crippen LogP contribution in [-0.4, -0.2) is 15.0 Å². The highest BCUT2D eigenvalue weighted by molar-refractivity contribution is 5.75. The second-order valence-electron chi connectivity index (χ2n) is 5.08. The third-order valence-electron chi connectivity index (χ3n) is 3.76. The molecule has 1 aliphatic carbocycles. The Kier molecular flexibility index (Phi) is 2.70. The van der Waals surface area contributed by atoms with E-state index >= 15 is 0 Å². The van der Waals surface area contributed by atoms with E-state index in [-0.39, 0.29) is 5.95 Å². The molecule has 0 radical (unpaired) electrons. The van der Waals surface area contributed by atoms with Gasteiger partial charge in [0.1, 0.15) is 5.76 Å². The van der Waals surface area contributed by atoms with Gasteiger partial charge in [0.05, 0.1) is 23.3 Å². The second-order valence-corrected chi connectivity index (χ2v) is 5.08. The van der Waals surface area contributed by atoms with Gasteiger partial charge in [-0.05, 0) is 31.0 Å². The topological polar surface area (TPSA) is 77.8 Å². The van der Waals surface area contributed by atoms with Crippen LogP contribution in [0.2, 0.25) is 0 Å². The third-order valence-corrected chi connectivity index (χ3v) is 3.76. The molecule has 0 saturated carbocycles. The van der Waals surface area contributed by atoms with Gasteiger partial charge in [0, 0.05) is 23.7 Å². The number of fused-ring (bicyclic) bond motifs is 3. The Morgan fingerprint density at radius 3 is 2.81 bits per heavy atom. The summed E-state index contributed by atoms with van der Waals surface area (Å²) in [5, 5.41) is 0. The number of pyridine rings is 1. The number of aromatic nitrogens is 3. The molecule has 0 spiro atoms. The number of nitrogens with two attached hydrogens (primary N) is 1. The largest absolute Gasteiger partial charge is 0.469 e. The number of anilines is 1. The quantitative estimate of drug-likeness (QED) is 0.740. The Morgan fingerprint density at radius 2 is 1.95 bits per heavy atom. The van der Waals surface area contributed by atoms with E-state index in [0.717, 1.165) is 53.2 Å². The van der Waals surface area contributed by atoms with Crippen molar-refractivity contribution in [2.24, 2.45) is 0 Å². The summed E-state index contributed by atoms with van der Waals surface area (Å²) in [4.78, 5) is 13.3. The maximum Gasteiger partial charge on any atom is 0.221 e. The minimum Gasteiger partial charge on any atom is -0.469 e. The Morgan fingerprint density at radius 1 is 1.05 bits per heavy atom. The fourth-order valence-electron chi connectivity index (χ4n) is 2.85. The molecule has 104 valence electrons. The fourth-order valence-corrected chi connectivity index (χ4v) is 2.85. The first-order chi connectivity index (χ1) is 10.3. The van der Waals surface area contributed by atoms with Crippen LogP contribution in [0.3, 0.4) is 0 Å². The first kappa shape index (κ1) is 12.1. The molecule has 0 saturated heterocycles. The standard InChI is InChI=1S/C16H14N4O/c17-16-19-14-10-7-9-21-13(10)6-3-4-11(14)15(20-16)12-5-1-2-8-18-12/h1-2,5,7-9H,3-4,6H2,(H2,17,19,20). The van der Waals surface area contributed by atoms with Crippen LogP contribution in [0.1, 0.15) is 17.7 Å². The molecule has 5 nitrogen and oxygen atoms in total. The zero-order valence-electron chi connectivity index (χ0n) is 11.4. The second kappa shape index (κ2) is 4.70. The third kappa shape index (κ3) is 1.98. The Labute approximate surface area is 121 Å². The van der Waals surface area contributed by atoms with Crippen LogP contribution in [0.4, 0.5) is 5.95 Å². The van der Waals surface area contributed by atoms with Gasteiger partial charge in [0.2, 0.25) is 5.95 Å². The Balaban J connectivity index is 2.00. The van der Waals surface area contributed by atoms with Crippen molar-refractivity contribution in [2.45, 2.75) is 19.3 Å². The summed E-state index contributed by atoms with van der Waals surface area (Å²) in [7, 11) is 0. The summed E-state index contributed by atoms with van der Waals surface area (Å²) in [5.74, 6) is 1.24. The van der Waals surface area contributed by atoms with Crippen LogP contribution in [0, 0.1) is 0 Å². The van der Waals surface area contributed by atoms with Gasteiger partial charge in [0.15, 0.2) is 0 Å². The normalized spacial score (nSPS) is 13.3. The van der Waals surface area contributed by atoms with E-state index in [1.54, 1.807) is 12.5 Å². The maximum atomic E-state index is 5.92. The molecule has 0 amide bonds. The van der Waals surface area contributed by atoms with Crippen molar-refractivity contribution in [1.82, 2.24) is 15.0 Å². The lowest BCUT2D eigenvalue weighted by Gasteiger charge is -2.11. The summed E-state index contributed by atoms with van der Waals surface area (Å²) in [6, 6.07) is 7.74. The summed E-state index contributed by atoms with van der Waals surface area (Å²) >= 11 is 0. The molecule has 0 atom stereocenters. The average molecular weight is 278 g/mol. The van der Waals surface area contributed by atoms with E-state index in [1.807, 2.05) is 24.3 Å². The van der Waals surface area contributed by atoms with Crippen LogP contribution in [0.25, 0.3) is 22.6 Å². The first-order valence-corrected chi connectivity index (χ1v) is 6.97. The fraction of sp³-hybridized carbons (Fsp3) is 0.188. The van der Waals surface area contributed by atoms with Crippen molar-refractivity contribution < 1.29 is 4.42 Å². The van der Waals surface area contributed by atoms with Crippen molar-refractivity contribution in [3.05, 3.63) is 48.0 Å². The summed E-state index contributed by atoms with van der Waals surface area (Å²) in [5.41, 5.74) is 10.6. The molecule has 1 aliphatic rings. The lowest BCUT2D eigenvalue weighted by atomic mass is 10.0. The van der Waals surface area contributed by atoms with Crippen LogP contribution in [0.5, 0.6) is 0 Å². The van der Waals surface area contributed by atoms with Gasteiger partial charge in [0.25, 0.3) is 0 Å². The molecule has 0 aliphatic heterocycles. The smallest absolute Gasteiger partial charge is 0.221 e. The molecular weight excluding hydrogens is 264 g/mol.